The fourth-order valence-corrected chi connectivity index (χ4v) is 1.64. The summed E-state index contributed by atoms with van der Waals surface area (Å²) in [5.41, 5.74) is 2.15. The normalized spacial score (nSPS) is 16.1. The summed E-state index contributed by atoms with van der Waals surface area (Å²) < 4.78 is 5.29. The van der Waals surface area contributed by atoms with E-state index in [0.717, 1.165) is 38.3 Å². The van der Waals surface area contributed by atoms with Gasteiger partial charge in [-0.1, -0.05) is 0 Å². The van der Waals surface area contributed by atoms with Crippen molar-refractivity contribution < 1.29 is 15.7 Å². The molecule has 0 aromatic heterocycles. The van der Waals surface area contributed by atoms with Gasteiger partial charge >= 0.3 is 85.6 Å². The van der Waals surface area contributed by atoms with Crippen LogP contribution in [0.3, 0.4) is 0 Å². The van der Waals surface area contributed by atoms with Crippen LogP contribution < -0.4 is 5.46 Å². The maximum atomic E-state index is 5.63. The van der Waals surface area contributed by atoms with E-state index in [2.05, 4.69) is 17.0 Å². The van der Waals surface area contributed by atoms with Gasteiger partial charge in [-0.05, 0) is 0 Å². The molecule has 1 fully saturated rings. The number of morpholine rings is 1. The maximum absolute atomic E-state index is 5.63. The Labute approximate surface area is 97.2 Å². The fourth-order valence-electron chi connectivity index (χ4n) is 1.64. The van der Waals surface area contributed by atoms with Crippen LogP contribution >= 0.6 is 0 Å². The van der Waals surface area contributed by atoms with E-state index < -0.39 is 0 Å². The van der Waals surface area contributed by atoms with Crippen molar-refractivity contribution in [1.29, 1.82) is 0 Å². The number of rotatable bonds is 2. The third kappa shape index (κ3) is 4.32. The molecule has 1 aliphatic heterocycles. The second-order valence-corrected chi connectivity index (χ2v) is 3.63. The molecule has 2 rings (SSSR count). The third-order valence-electron chi connectivity index (χ3n) is 2.49. The van der Waals surface area contributed by atoms with E-state index in [1.165, 1.54) is 5.56 Å². The first-order chi connectivity index (χ1) is 6.84. The summed E-state index contributed by atoms with van der Waals surface area (Å²) in [6.45, 7) is 4.78. The van der Waals surface area contributed by atoms with Gasteiger partial charge in [-0.3, -0.25) is 0 Å². The molecule has 5 heteroatoms. The minimum Gasteiger partial charge on any atom is -0.870 e. The molecule has 0 bridgehead atoms. The Morgan fingerprint density at radius 2 is 1.62 bits per heavy atom. The van der Waals surface area contributed by atoms with Gasteiger partial charge in [0.15, 0.2) is 0 Å². The molecule has 16 heavy (non-hydrogen) atoms. The molecule has 0 unspecified atom stereocenters. The summed E-state index contributed by atoms with van der Waals surface area (Å²) in [6, 6.07) is 8.08. The quantitative estimate of drug-likeness (QED) is 0.656. The predicted molar refractivity (Wildman–Crippen MR) is 61.8 cm³/mol. The van der Waals surface area contributed by atoms with Crippen molar-refractivity contribution in [2.24, 2.45) is 0 Å². The number of hydrogen-bond donors (Lipinski definition) is 0. The Kier molecular flexibility index (Phi) is 7.00. The summed E-state index contributed by atoms with van der Waals surface area (Å²) in [5, 5.41) is 0. The van der Waals surface area contributed by atoms with Gasteiger partial charge in [-0.25, -0.2) is 0 Å². The summed E-state index contributed by atoms with van der Waals surface area (Å²) in [4.78, 5) is 2.40. The van der Waals surface area contributed by atoms with Gasteiger partial charge in [-0.2, -0.15) is 0 Å². The van der Waals surface area contributed by atoms with E-state index in [9.17, 15) is 0 Å². The van der Waals surface area contributed by atoms with Crippen LogP contribution in [0, 0.1) is 0 Å². The van der Waals surface area contributed by atoms with E-state index in [4.69, 9.17) is 12.6 Å². The molecule has 1 aliphatic rings. The zero-order valence-corrected chi connectivity index (χ0v) is 9.17. The molecule has 0 amide bonds. The first-order valence-electron chi connectivity index (χ1n) is 4.99. The summed E-state index contributed by atoms with van der Waals surface area (Å²) >= 11 is 0. The van der Waals surface area contributed by atoms with Crippen LogP contribution in [-0.4, -0.2) is 50.0 Å². The van der Waals surface area contributed by atoms with Crippen molar-refractivity contribution in [2.75, 3.05) is 26.3 Å². The van der Waals surface area contributed by atoms with E-state index in [0.29, 0.717) is 0 Å². The average Bonchev–Trinajstić information content (AvgIpc) is 2.23. The van der Waals surface area contributed by atoms with Gasteiger partial charge < -0.3 is 11.0 Å². The molecule has 0 aliphatic carbocycles. The molecule has 4 nitrogen and oxygen atoms in total. The van der Waals surface area contributed by atoms with Crippen LogP contribution in [0.5, 0.6) is 0 Å². The van der Waals surface area contributed by atoms with Gasteiger partial charge in [0.1, 0.15) is 0 Å². The second kappa shape index (κ2) is 7.41. The molecule has 2 N–H and O–H groups in total. The van der Waals surface area contributed by atoms with Crippen LogP contribution in [0.25, 0.3) is 0 Å². The van der Waals surface area contributed by atoms with E-state index in [1.54, 1.807) is 0 Å². The Morgan fingerprint density at radius 3 is 2.19 bits per heavy atom. The van der Waals surface area contributed by atoms with Crippen molar-refractivity contribution in [1.82, 2.24) is 4.90 Å². The molecule has 1 aromatic rings. The van der Waals surface area contributed by atoms with E-state index >= 15 is 0 Å². The summed E-state index contributed by atoms with van der Waals surface area (Å²) in [7, 11) is 5.63. The Balaban J connectivity index is 0.00000112. The van der Waals surface area contributed by atoms with Gasteiger partial charge in [-0.15, -0.1) is 0 Å². The van der Waals surface area contributed by atoms with Crippen molar-refractivity contribution >= 4 is 13.3 Å². The predicted octanol–water partition coefficient (Wildman–Crippen LogP) is -0.0410. The fraction of sp³-hybridized carbons (Fsp3) is 0.455. The zero-order valence-electron chi connectivity index (χ0n) is 9.17. The monoisotopic (exact) mass is 221 g/mol. The number of ether oxygens (including phenoxy) is 1. The van der Waals surface area contributed by atoms with Gasteiger partial charge in [0.25, 0.3) is 0 Å². The third-order valence-corrected chi connectivity index (χ3v) is 2.49. The minimum atomic E-state index is 0. The largest absolute Gasteiger partial charge is 0.870 e. The first kappa shape index (κ1) is 15.1. The Hall–Kier alpha value is -0.875. The molecule has 86 valence electrons. The second-order valence-electron chi connectivity index (χ2n) is 3.63. The first-order valence-corrected chi connectivity index (χ1v) is 4.99. The molecular formula is C11H16BNO3. The van der Waals surface area contributed by atoms with Gasteiger partial charge in [0.2, 0.25) is 0 Å². The Morgan fingerprint density at radius 1 is 1.06 bits per heavy atom. The van der Waals surface area contributed by atoms with Crippen molar-refractivity contribution in [3.63, 3.8) is 0 Å². The average molecular weight is 221 g/mol. The number of nitrogens with zero attached hydrogens (tertiary/aromatic N) is 1. The van der Waals surface area contributed by atoms with Crippen molar-refractivity contribution in [2.45, 2.75) is 6.54 Å². The molecule has 1 heterocycles. The zero-order chi connectivity index (χ0) is 9.80. The molecule has 1 saturated heterocycles. The molecule has 0 spiro atoms. The smallest absolute Gasteiger partial charge is 0.870 e. The summed E-state index contributed by atoms with van der Waals surface area (Å²) in [5.74, 6) is 0. The SMILES string of the molecule is [B+2]c1ccc(CN2CCOCC2)cc1.[OH-].[OH-]. The number of hydrogen-bond acceptors (Lipinski definition) is 4. The topological polar surface area (TPSA) is 72.5 Å². The van der Waals surface area contributed by atoms with Crippen molar-refractivity contribution in [3.05, 3.63) is 29.8 Å². The van der Waals surface area contributed by atoms with Crippen LogP contribution in [0.15, 0.2) is 24.3 Å². The molecule has 0 atom stereocenters. The minimum absolute atomic E-state index is 0. The van der Waals surface area contributed by atoms with Crippen LogP contribution in [-0.2, 0) is 11.3 Å². The van der Waals surface area contributed by atoms with Crippen LogP contribution in [0.4, 0.5) is 0 Å². The molecule has 1 aromatic carbocycles. The molecule has 0 saturated carbocycles. The van der Waals surface area contributed by atoms with E-state index in [-0.39, 0.29) is 11.0 Å². The van der Waals surface area contributed by atoms with E-state index in [1.807, 2.05) is 12.1 Å². The number of benzene rings is 1. The maximum Gasteiger partial charge on any atom is -0.870 e. The van der Waals surface area contributed by atoms with Crippen LogP contribution in [0.1, 0.15) is 5.56 Å². The standard InChI is InChI=1S/C11H14BNO.2H2O/c12-11-3-1-10(2-4-11)9-13-5-7-14-8-6-13;;/h1-4H,5-9H2;2*1H2/q+2;;/p-2. The summed E-state index contributed by atoms with van der Waals surface area (Å²) in [6.07, 6.45) is 0. The van der Waals surface area contributed by atoms with Gasteiger partial charge in [0, 0.05) is 0 Å². The van der Waals surface area contributed by atoms with Gasteiger partial charge in [0.05, 0.1) is 0 Å². The Bertz CT molecular complexity index is 286. The molecule has 0 radical (unpaired) electrons. The van der Waals surface area contributed by atoms with Crippen LogP contribution in [0.2, 0.25) is 0 Å². The van der Waals surface area contributed by atoms with Crippen molar-refractivity contribution in [3.8, 4) is 0 Å². The molecular weight excluding hydrogens is 205 g/mol.